The minimum atomic E-state index is -3.19. The average molecular weight is 278 g/mol. The van der Waals surface area contributed by atoms with Crippen LogP contribution in [-0.4, -0.2) is 20.6 Å². The molecule has 0 saturated heterocycles. The quantitative estimate of drug-likeness (QED) is 0.919. The van der Waals surface area contributed by atoms with Crippen molar-refractivity contribution in [3.63, 3.8) is 0 Å². The Morgan fingerprint density at radius 3 is 2.35 bits per heavy atom. The van der Waals surface area contributed by atoms with Crippen molar-refractivity contribution in [2.45, 2.75) is 25.2 Å². The Balaban J connectivity index is 0.00000256. The van der Waals surface area contributed by atoms with E-state index in [0.29, 0.717) is 12.1 Å². The van der Waals surface area contributed by atoms with Crippen molar-refractivity contribution < 1.29 is 13.2 Å². The van der Waals surface area contributed by atoms with Crippen LogP contribution < -0.4 is 5.32 Å². The Hall–Kier alpha value is -1.07. The van der Waals surface area contributed by atoms with Crippen molar-refractivity contribution in [3.05, 3.63) is 23.8 Å². The van der Waals surface area contributed by atoms with E-state index < -0.39 is 9.84 Å². The smallest absolute Gasteiger partial charge is 0.221 e. The average Bonchev–Trinajstić information content (AvgIpc) is 2.15. The third-order valence-electron chi connectivity index (χ3n) is 2.20. The molecule has 0 aromatic heterocycles. The Morgan fingerprint density at radius 2 is 1.94 bits per heavy atom. The van der Waals surface area contributed by atoms with Crippen LogP contribution >= 0.6 is 12.4 Å². The largest absolute Gasteiger partial charge is 0.326 e. The van der Waals surface area contributed by atoms with E-state index in [0.717, 1.165) is 5.56 Å². The number of amides is 1. The molecule has 1 aromatic rings. The van der Waals surface area contributed by atoms with Crippen LogP contribution in [0.5, 0.6) is 0 Å². The second-order valence-electron chi connectivity index (χ2n) is 3.63. The van der Waals surface area contributed by atoms with Crippen LogP contribution in [0, 0.1) is 0 Å². The molecule has 0 aliphatic heterocycles. The summed E-state index contributed by atoms with van der Waals surface area (Å²) in [6.45, 7) is 3.33. The Bertz CT molecular complexity index is 511. The number of sulfone groups is 1. The number of rotatable bonds is 3. The molecule has 4 nitrogen and oxygen atoms in total. The summed E-state index contributed by atoms with van der Waals surface area (Å²) in [4.78, 5) is 11.2. The molecule has 6 heteroatoms. The summed E-state index contributed by atoms with van der Waals surface area (Å²) in [5.41, 5.74) is 1.49. The second kappa shape index (κ2) is 6.02. The van der Waals surface area contributed by atoms with Crippen LogP contribution in [0.1, 0.15) is 19.4 Å². The van der Waals surface area contributed by atoms with E-state index in [2.05, 4.69) is 5.32 Å². The van der Waals surface area contributed by atoms with E-state index in [1.807, 2.05) is 6.92 Å². The van der Waals surface area contributed by atoms with Crippen LogP contribution in [0.4, 0.5) is 5.69 Å². The van der Waals surface area contributed by atoms with Gasteiger partial charge in [-0.25, -0.2) is 8.42 Å². The van der Waals surface area contributed by atoms with Gasteiger partial charge in [0.25, 0.3) is 0 Å². The molecular formula is C11H16ClNO3S. The highest BCUT2D eigenvalue weighted by Gasteiger charge is 2.10. The number of carbonyl (C=O) groups is 1. The molecule has 1 aromatic carbocycles. The molecule has 17 heavy (non-hydrogen) atoms. The van der Waals surface area contributed by atoms with E-state index in [1.54, 1.807) is 12.1 Å². The fraction of sp³-hybridized carbons (Fsp3) is 0.364. The lowest BCUT2D eigenvalue weighted by molar-refractivity contribution is -0.114. The first kappa shape index (κ1) is 15.9. The van der Waals surface area contributed by atoms with Gasteiger partial charge < -0.3 is 5.32 Å². The van der Waals surface area contributed by atoms with Crippen LogP contribution in [0.3, 0.4) is 0 Å². The molecular weight excluding hydrogens is 262 g/mol. The number of hydrogen-bond donors (Lipinski definition) is 1. The molecule has 0 radical (unpaired) electrons. The summed E-state index contributed by atoms with van der Waals surface area (Å²) in [6.07, 6.45) is 1.83. The highest BCUT2D eigenvalue weighted by atomic mass is 35.5. The standard InChI is InChI=1S/C11H15NO3S.ClH/c1-4-9-7-10(16(3,14)15)5-6-11(9)12-8(2)13;/h5-7H,4H2,1-3H3,(H,12,13);1H. The zero-order valence-corrected chi connectivity index (χ0v) is 11.6. The van der Waals surface area contributed by atoms with Crippen LogP contribution in [0.15, 0.2) is 23.1 Å². The van der Waals surface area contributed by atoms with E-state index in [-0.39, 0.29) is 23.2 Å². The minimum absolute atomic E-state index is 0. The highest BCUT2D eigenvalue weighted by molar-refractivity contribution is 7.90. The second-order valence-corrected chi connectivity index (χ2v) is 5.64. The van der Waals surface area contributed by atoms with Gasteiger partial charge >= 0.3 is 0 Å². The first-order chi connectivity index (χ1) is 7.34. The Labute approximate surface area is 108 Å². The molecule has 96 valence electrons. The third kappa shape index (κ3) is 4.36. The Kier molecular flexibility index (Phi) is 5.64. The SMILES string of the molecule is CCc1cc(S(C)(=O)=O)ccc1NC(C)=O.Cl. The molecule has 0 bridgehead atoms. The molecule has 0 spiro atoms. The van der Waals surface area contributed by atoms with Gasteiger partial charge in [0.2, 0.25) is 5.91 Å². The van der Waals surface area contributed by atoms with Gasteiger partial charge in [0, 0.05) is 18.9 Å². The molecule has 1 N–H and O–H groups in total. The number of nitrogens with one attached hydrogen (secondary N) is 1. The Morgan fingerprint density at radius 1 is 1.35 bits per heavy atom. The lowest BCUT2D eigenvalue weighted by atomic mass is 10.1. The number of aryl methyl sites for hydroxylation is 1. The summed E-state index contributed by atoms with van der Waals surface area (Å²) in [5.74, 6) is -0.165. The zero-order chi connectivity index (χ0) is 12.3. The van der Waals surface area contributed by atoms with Crippen molar-refractivity contribution in [3.8, 4) is 0 Å². The molecule has 0 saturated carbocycles. The lowest BCUT2D eigenvalue weighted by Gasteiger charge is -2.09. The molecule has 0 atom stereocenters. The van der Waals surface area contributed by atoms with Crippen LogP contribution in [-0.2, 0) is 21.1 Å². The van der Waals surface area contributed by atoms with Crippen molar-refractivity contribution in [2.75, 3.05) is 11.6 Å². The van der Waals surface area contributed by atoms with Gasteiger partial charge in [0.1, 0.15) is 0 Å². The summed E-state index contributed by atoms with van der Waals surface area (Å²) in [6, 6.07) is 4.72. The van der Waals surface area contributed by atoms with Crippen molar-refractivity contribution in [1.29, 1.82) is 0 Å². The number of hydrogen-bond acceptors (Lipinski definition) is 3. The summed E-state index contributed by atoms with van der Waals surface area (Å²) in [5, 5.41) is 2.67. The molecule has 1 rings (SSSR count). The first-order valence-electron chi connectivity index (χ1n) is 4.95. The molecule has 0 aliphatic rings. The monoisotopic (exact) mass is 277 g/mol. The normalized spacial score (nSPS) is 10.5. The molecule has 0 heterocycles. The molecule has 0 unspecified atom stereocenters. The predicted molar refractivity (Wildman–Crippen MR) is 70.5 cm³/mol. The maximum absolute atomic E-state index is 11.3. The molecule has 1 amide bonds. The number of benzene rings is 1. The zero-order valence-electron chi connectivity index (χ0n) is 9.98. The lowest BCUT2D eigenvalue weighted by Crippen LogP contribution is -2.09. The number of anilines is 1. The topological polar surface area (TPSA) is 63.2 Å². The van der Waals surface area contributed by atoms with E-state index >= 15 is 0 Å². The van der Waals surface area contributed by atoms with Crippen LogP contribution in [0.25, 0.3) is 0 Å². The maximum atomic E-state index is 11.3. The van der Waals surface area contributed by atoms with E-state index in [1.165, 1.54) is 19.2 Å². The number of halogens is 1. The van der Waals surface area contributed by atoms with Gasteiger partial charge in [-0.15, -0.1) is 12.4 Å². The molecule has 0 aliphatic carbocycles. The summed E-state index contributed by atoms with van der Waals surface area (Å²) in [7, 11) is -3.19. The first-order valence-corrected chi connectivity index (χ1v) is 6.84. The van der Waals surface area contributed by atoms with E-state index in [9.17, 15) is 13.2 Å². The van der Waals surface area contributed by atoms with Gasteiger partial charge in [-0.1, -0.05) is 6.92 Å². The predicted octanol–water partition coefficient (Wildman–Crippen LogP) is 2.03. The highest BCUT2D eigenvalue weighted by Crippen LogP contribution is 2.21. The van der Waals surface area contributed by atoms with E-state index in [4.69, 9.17) is 0 Å². The van der Waals surface area contributed by atoms with Gasteiger partial charge in [0.15, 0.2) is 9.84 Å². The minimum Gasteiger partial charge on any atom is -0.326 e. The molecule has 0 fully saturated rings. The fourth-order valence-corrected chi connectivity index (χ4v) is 2.08. The van der Waals surface area contributed by atoms with Gasteiger partial charge in [-0.05, 0) is 30.2 Å². The van der Waals surface area contributed by atoms with Crippen LogP contribution in [0.2, 0.25) is 0 Å². The fourth-order valence-electron chi connectivity index (χ4n) is 1.40. The maximum Gasteiger partial charge on any atom is 0.221 e. The van der Waals surface area contributed by atoms with Gasteiger partial charge in [-0.3, -0.25) is 4.79 Å². The van der Waals surface area contributed by atoms with Gasteiger partial charge in [0.05, 0.1) is 4.90 Å². The van der Waals surface area contributed by atoms with Gasteiger partial charge in [-0.2, -0.15) is 0 Å². The summed E-state index contributed by atoms with van der Waals surface area (Å²) >= 11 is 0. The summed E-state index contributed by atoms with van der Waals surface area (Å²) < 4.78 is 22.7. The van der Waals surface area contributed by atoms with Crippen molar-refractivity contribution >= 4 is 33.8 Å². The number of carbonyl (C=O) groups excluding carboxylic acids is 1. The third-order valence-corrected chi connectivity index (χ3v) is 3.31. The van der Waals surface area contributed by atoms with Crippen molar-refractivity contribution in [2.24, 2.45) is 0 Å². The van der Waals surface area contributed by atoms with Crippen molar-refractivity contribution in [1.82, 2.24) is 0 Å².